The summed E-state index contributed by atoms with van der Waals surface area (Å²) in [6.45, 7) is 3.94. The summed E-state index contributed by atoms with van der Waals surface area (Å²) in [7, 11) is -4.68. The monoisotopic (exact) mass is 675 g/mol. The van der Waals surface area contributed by atoms with E-state index in [1.807, 2.05) is 17.1 Å². The van der Waals surface area contributed by atoms with Gasteiger partial charge in [-0.1, -0.05) is 30.3 Å². The lowest BCUT2D eigenvalue weighted by Gasteiger charge is -2.28. The van der Waals surface area contributed by atoms with E-state index in [4.69, 9.17) is 18.5 Å². The van der Waals surface area contributed by atoms with Crippen molar-refractivity contribution in [3.05, 3.63) is 74.0 Å². The van der Waals surface area contributed by atoms with Crippen LogP contribution in [0, 0.1) is 0 Å². The van der Waals surface area contributed by atoms with Crippen LogP contribution in [-0.4, -0.2) is 57.0 Å². The van der Waals surface area contributed by atoms with E-state index in [-0.39, 0.29) is 10.2 Å². The Morgan fingerprint density at radius 2 is 1.88 bits per heavy atom. The third-order valence-electron chi connectivity index (χ3n) is 6.35. The van der Waals surface area contributed by atoms with Crippen molar-refractivity contribution in [2.24, 2.45) is 0 Å². The van der Waals surface area contributed by atoms with Crippen molar-refractivity contribution >= 4 is 40.4 Å². The number of H-pyrrole nitrogens is 1. The molecule has 0 saturated carbocycles. The Morgan fingerprint density at radius 1 is 1.21 bits per heavy atom. The molecule has 0 amide bonds. The van der Waals surface area contributed by atoms with E-state index < -0.39 is 67.6 Å². The van der Waals surface area contributed by atoms with Crippen molar-refractivity contribution in [3.8, 4) is 5.75 Å². The van der Waals surface area contributed by atoms with Crippen molar-refractivity contribution in [2.75, 3.05) is 6.61 Å². The number of aliphatic hydroxyl groups excluding tert-OH is 1. The maximum absolute atomic E-state index is 16.1. The van der Waals surface area contributed by atoms with E-state index >= 15 is 8.78 Å². The molecule has 3 aromatic rings. The quantitative estimate of drug-likeness (QED) is 0.213. The molecule has 1 aliphatic heterocycles. The average molecular weight is 676 g/mol. The van der Waals surface area contributed by atoms with Gasteiger partial charge in [0.2, 0.25) is 0 Å². The van der Waals surface area contributed by atoms with Gasteiger partial charge in [-0.25, -0.2) is 18.1 Å². The van der Waals surface area contributed by atoms with E-state index in [1.54, 1.807) is 32.0 Å². The minimum Gasteiger partial charge on any atom is -0.462 e. The Labute approximate surface area is 246 Å². The number of fused-ring (bicyclic) bond motifs is 1. The number of hydrogen-bond acceptors (Lipinski definition) is 9. The molecule has 6 atom stereocenters. The molecule has 16 heteroatoms. The molecule has 0 bridgehead atoms. The van der Waals surface area contributed by atoms with Gasteiger partial charge >= 0.3 is 19.4 Å². The third kappa shape index (κ3) is 6.66. The van der Waals surface area contributed by atoms with Crippen LogP contribution in [0.1, 0.15) is 33.9 Å². The molecule has 0 unspecified atom stereocenters. The number of aliphatic hydroxyl groups is 1. The highest BCUT2D eigenvalue weighted by atomic mass is 79.9. The van der Waals surface area contributed by atoms with Crippen LogP contribution >= 0.6 is 23.7 Å². The molecule has 228 valence electrons. The topological polar surface area (TPSA) is 158 Å². The number of alkyl halides is 2. The fraction of sp³-hybridized carbons (Fsp3) is 0.423. The predicted octanol–water partition coefficient (Wildman–Crippen LogP) is 3.87. The van der Waals surface area contributed by atoms with E-state index in [9.17, 15) is 24.1 Å². The fourth-order valence-electron chi connectivity index (χ4n) is 4.25. The molecule has 2 heterocycles. The summed E-state index contributed by atoms with van der Waals surface area (Å²) >= 11 is 2.90. The highest BCUT2D eigenvalue weighted by molar-refractivity contribution is 9.10. The highest BCUT2D eigenvalue weighted by Crippen LogP contribution is 2.51. The van der Waals surface area contributed by atoms with Gasteiger partial charge in [0.05, 0.1) is 10.6 Å². The zero-order valence-electron chi connectivity index (χ0n) is 22.9. The molecule has 0 radical (unpaired) electrons. The number of nitrogens with one attached hydrogen (secondary N) is 2. The molecule has 0 spiro atoms. The zero-order valence-corrected chi connectivity index (χ0v) is 25.4. The van der Waals surface area contributed by atoms with Crippen LogP contribution in [0.5, 0.6) is 5.75 Å². The van der Waals surface area contributed by atoms with Gasteiger partial charge in [0, 0.05) is 6.20 Å². The van der Waals surface area contributed by atoms with Gasteiger partial charge < -0.3 is 19.1 Å². The zero-order chi connectivity index (χ0) is 31.0. The first-order chi connectivity index (χ1) is 19.5. The van der Waals surface area contributed by atoms with Crippen LogP contribution in [0.2, 0.25) is 0 Å². The number of esters is 1. The molecule has 1 aliphatic rings. The number of rotatable bonds is 10. The standard InChI is InChI=1S/C26H29BrF2N3O9P/c1-14(2)39-21(34)15(3)31-42(37,41-18-10-9-16-7-5-6-8-17(16)11-18)38-13-26(29)22(35)25(4,28)23(40-26)32-12-19(27)20(33)30-24(32)36/h5-12,14-15,22-23,35H,13H2,1-4H3,(H,31,37)(H,30,33,36)/t15-,22-,23+,25+,26+,42+/m0/s1. The van der Waals surface area contributed by atoms with Gasteiger partial charge in [-0.05, 0) is 66.5 Å². The lowest BCUT2D eigenvalue weighted by molar-refractivity contribution is -0.204. The second-order valence-electron chi connectivity index (χ2n) is 10.2. The van der Waals surface area contributed by atoms with Gasteiger partial charge in [0.25, 0.3) is 11.4 Å². The van der Waals surface area contributed by atoms with Crippen LogP contribution < -0.4 is 20.9 Å². The number of benzene rings is 2. The molecular formula is C26H29BrF2N3O9P. The third-order valence-corrected chi connectivity index (χ3v) is 8.53. The van der Waals surface area contributed by atoms with Gasteiger partial charge in [0.1, 0.15) is 18.4 Å². The van der Waals surface area contributed by atoms with Crippen LogP contribution in [0.25, 0.3) is 10.8 Å². The number of aromatic nitrogens is 2. The maximum atomic E-state index is 16.1. The Kier molecular flexibility index (Phi) is 9.12. The number of carbonyl (C=O) groups excluding carboxylic acids is 1. The minimum atomic E-state index is -4.68. The second-order valence-corrected chi connectivity index (χ2v) is 12.7. The lowest BCUT2D eigenvalue weighted by Crippen LogP contribution is -2.48. The molecule has 42 heavy (non-hydrogen) atoms. The number of aromatic amines is 1. The van der Waals surface area contributed by atoms with Crippen molar-refractivity contribution in [1.29, 1.82) is 0 Å². The van der Waals surface area contributed by atoms with E-state index in [0.717, 1.165) is 18.5 Å². The summed E-state index contributed by atoms with van der Waals surface area (Å²) in [5.41, 5.74) is -4.91. The van der Waals surface area contributed by atoms with Crippen LogP contribution in [-0.2, 0) is 23.4 Å². The summed E-state index contributed by atoms with van der Waals surface area (Å²) in [4.78, 5) is 38.4. The molecule has 4 rings (SSSR count). The minimum absolute atomic E-state index is 0.0209. The Hall–Kier alpha value is -2.94. The number of ether oxygens (including phenoxy) is 2. The van der Waals surface area contributed by atoms with Crippen molar-refractivity contribution in [3.63, 3.8) is 0 Å². The lowest BCUT2D eigenvalue weighted by atomic mass is 9.97. The molecule has 1 saturated heterocycles. The summed E-state index contributed by atoms with van der Waals surface area (Å²) in [6, 6.07) is 10.6. The van der Waals surface area contributed by atoms with Gasteiger partial charge in [0.15, 0.2) is 18.0 Å². The van der Waals surface area contributed by atoms with E-state index in [0.29, 0.717) is 9.95 Å². The molecule has 3 N–H and O–H groups in total. The SMILES string of the molecule is CC(C)OC(=O)[C@H](C)N[P@@](=O)(OC[C@@]1(F)O[C@@H](n2cc(Br)c(=O)[nH]c2=O)[C@](C)(F)[C@@H]1O)Oc1ccc2ccccc2c1. The maximum Gasteiger partial charge on any atom is 0.459 e. The predicted molar refractivity (Wildman–Crippen MR) is 150 cm³/mol. The number of nitrogens with zero attached hydrogens (tertiary/aromatic N) is 1. The van der Waals surface area contributed by atoms with Gasteiger partial charge in [-0.15, -0.1) is 0 Å². The first-order valence-corrected chi connectivity index (χ1v) is 15.0. The normalized spacial score (nSPS) is 26.2. The molecule has 12 nitrogen and oxygen atoms in total. The Morgan fingerprint density at radius 3 is 2.55 bits per heavy atom. The molecule has 2 aromatic carbocycles. The first kappa shape index (κ1) is 32.0. The number of halogens is 3. The van der Waals surface area contributed by atoms with Crippen LogP contribution in [0.3, 0.4) is 0 Å². The average Bonchev–Trinajstić information content (AvgIpc) is 3.09. The van der Waals surface area contributed by atoms with Crippen LogP contribution in [0.15, 0.2) is 62.7 Å². The molecule has 1 fully saturated rings. The van der Waals surface area contributed by atoms with Crippen LogP contribution in [0.4, 0.5) is 8.78 Å². The summed E-state index contributed by atoms with van der Waals surface area (Å²) in [5, 5.41) is 14.5. The van der Waals surface area contributed by atoms with Gasteiger partial charge in [-0.2, -0.15) is 5.09 Å². The largest absolute Gasteiger partial charge is 0.462 e. The molecule has 0 aliphatic carbocycles. The van der Waals surface area contributed by atoms with Crippen molar-refractivity contribution in [2.45, 2.75) is 63.7 Å². The molecule has 1 aromatic heterocycles. The second kappa shape index (κ2) is 12.0. The van der Waals surface area contributed by atoms with Crippen molar-refractivity contribution in [1.82, 2.24) is 14.6 Å². The van der Waals surface area contributed by atoms with Crippen molar-refractivity contribution < 1.29 is 41.8 Å². The summed E-state index contributed by atoms with van der Waals surface area (Å²) < 4.78 is 67.2. The Bertz CT molecular complexity index is 1650. The summed E-state index contributed by atoms with van der Waals surface area (Å²) in [5.74, 6) is -4.17. The highest BCUT2D eigenvalue weighted by Gasteiger charge is 2.65. The van der Waals surface area contributed by atoms with Gasteiger partial charge in [-0.3, -0.25) is 23.7 Å². The first-order valence-electron chi connectivity index (χ1n) is 12.7. The smallest absolute Gasteiger partial charge is 0.459 e. The fourth-order valence-corrected chi connectivity index (χ4v) is 6.07. The Balaban J connectivity index is 1.63. The van der Waals surface area contributed by atoms with E-state index in [2.05, 4.69) is 21.0 Å². The number of hydrogen-bond donors (Lipinski definition) is 3. The molecular weight excluding hydrogens is 647 g/mol. The number of carbonyl (C=O) groups is 1. The summed E-state index contributed by atoms with van der Waals surface area (Å²) in [6.07, 6.45) is -4.27. The van der Waals surface area contributed by atoms with E-state index in [1.165, 1.54) is 19.1 Å².